The van der Waals surface area contributed by atoms with Gasteiger partial charge in [-0.25, -0.2) is 0 Å². The zero-order valence-corrected chi connectivity index (χ0v) is 5.33. The van der Waals surface area contributed by atoms with Crippen molar-refractivity contribution in [2.24, 2.45) is 23.3 Å². The molecule has 2 rings (SSSR count). The summed E-state index contributed by atoms with van der Waals surface area (Å²) in [5, 5.41) is 0. The van der Waals surface area contributed by atoms with Crippen LogP contribution in [0, 0.1) is 11.8 Å². The molecule has 4 N–H and O–H groups in total. The third-order valence-electron chi connectivity index (χ3n) is 2.58. The molecule has 0 spiro atoms. The van der Waals surface area contributed by atoms with Crippen molar-refractivity contribution in [3.05, 3.63) is 12.2 Å². The van der Waals surface area contributed by atoms with Gasteiger partial charge < -0.3 is 11.5 Å². The second kappa shape index (κ2) is 1.58. The van der Waals surface area contributed by atoms with Crippen molar-refractivity contribution in [1.29, 1.82) is 0 Å². The van der Waals surface area contributed by atoms with Crippen LogP contribution in [0.5, 0.6) is 0 Å². The Morgan fingerprint density at radius 3 is 1.67 bits per heavy atom. The maximum atomic E-state index is 5.79. The lowest BCUT2D eigenvalue weighted by molar-refractivity contribution is 0.499. The summed E-state index contributed by atoms with van der Waals surface area (Å²) in [5.74, 6) is 1.18. The maximum absolute atomic E-state index is 5.79. The highest BCUT2D eigenvalue weighted by atomic mass is 14.8. The number of hydrogen-bond donors (Lipinski definition) is 2. The quantitative estimate of drug-likeness (QED) is 0.441. The topological polar surface area (TPSA) is 52.0 Å². The van der Waals surface area contributed by atoms with Gasteiger partial charge in [-0.2, -0.15) is 0 Å². The number of hydrogen-bond acceptors (Lipinski definition) is 2. The van der Waals surface area contributed by atoms with E-state index in [-0.39, 0.29) is 12.1 Å². The lowest BCUT2D eigenvalue weighted by Crippen LogP contribution is -2.43. The Labute approximate surface area is 54.9 Å². The first kappa shape index (κ1) is 5.45. The first-order chi connectivity index (χ1) is 4.29. The molecule has 2 aliphatic rings. The fourth-order valence-electron chi connectivity index (χ4n) is 1.90. The van der Waals surface area contributed by atoms with Crippen LogP contribution in [-0.2, 0) is 0 Å². The molecule has 2 nitrogen and oxygen atoms in total. The highest BCUT2D eigenvalue weighted by Crippen LogP contribution is 2.36. The van der Waals surface area contributed by atoms with E-state index < -0.39 is 0 Å². The molecule has 0 aromatic carbocycles. The van der Waals surface area contributed by atoms with Crippen molar-refractivity contribution in [3.8, 4) is 0 Å². The van der Waals surface area contributed by atoms with Crippen LogP contribution in [0.15, 0.2) is 12.2 Å². The lowest BCUT2D eigenvalue weighted by atomic mass is 9.98. The van der Waals surface area contributed by atoms with Gasteiger partial charge in [-0.1, -0.05) is 12.2 Å². The molecule has 0 saturated heterocycles. The fraction of sp³-hybridized carbons (Fsp3) is 0.714. The Hall–Kier alpha value is -0.340. The molecule has 0 aromatic heterocycles. The summed E-state index contributed by atoms with van der Waals surface area (Å²) in [5.41, 5.74) is 11.6. The molecule has 2 aliphatic carbocycles. The monoisotopic (exact) mass is 124 g/mol. The highest BCUT2D eigenvalue weighted by Gasteiger charge is 2.39. The van der Waals surface area contributed by atoms with E-state index in [9.17, 15) is 0 Å². The zero-order valence-electron chi connectivity index (χ0n) is 5.33. The van der Waals surface area contributed by atoms with E-state index in [2.05, 4.69) is 12.2 Å². The molecule has 0 aliphatic heterocycles. The van der Waals surface area contributed by atoms with Gasteiger partial charge in [0, 0.05) is 12.1 Å². The van der Waals surface area contributed by atoms with Crippen LogP contribution in [0.3, 0.4) is 0 Å². The second-order valence-electron chi connectivity index (χ2n) is 3.10. The summed E-state index contributed by atoms with van der Waals surface area (Å²) in [6.07, 6.45) is 5.61. The van der Waals surface area contributed by atoms with E-state index in [1.807, 2.05) is 0 Å². The van der Waals surface area contributed by atoms with E-state index >= 15 is 0 Å². The van der Waals surface area contributed by atoms with Crippen molar-refractivity contribution in [3.63, 3.8) is 0 Å². The van der Waals surface area contributed by atoms with E-state index in [0.29, 0.717) is 11.8 Å². The van der Waals surface area contributed by atoms with Crippen LogP contribution in [0.1, 0.15) is 6.42 Å². The van der Waals surface area contributed by atoms with Gasteiger partial charge in [-0.3, -0.25) is 0 Å². The summed E-state index contributed by atoms with van der Waals surface area (Å²) in [4.78, 5) is 0. The standard InChI is InChI=1S/C7H12N2/c8-6-4-1-2-5(3-4)7(6)9/h1-2,4-7H,3,8-9H2/t4-,5+,6-,7-/m0/s1. The predicted octanol–water partition coefficient (Wildman–Crippen LogP) is -0.153. The number of fused-ring (bicyclic) bond motifs is 2. The SMILES string of the molecule is N[C@@H]1[C@@H](N)[C@H]2C=C[C@@H]1C2. The summed E-state index contributed by atoms with van der Waals surface area (Å²) in [6.45, 7) is 0. The van der Waals surface area contributed by atoms with E-state index in [0.717, 1.165) is 0 Å². The smallest absolute Gasteiger partial charge is 0.0262 e. The Balaban J connectivity index is 2.26. The van der Waals surface area contributed by atoms with Crippen molar-refractivity contribution in [2.75, 3.05) is 0 Å². The molecule has 9 heavy (non-hydrogen) atoms. The molecule has 1 fully saturated rings. The van der Waals surface area contributed by atoms with Crippen LogP contribution >= 0.6 is 0 Å². The minimum atomic E-state index is 0.236. The van der Waals surface area contributed by atoms with Crippen molar-refractivity contribution >= 4 is 0 Å². The number of nitrogens with two attached hydrogens (primary N) is 2. The van der Waals surface area contributed by atoms with Crippen LogP contribution in [-0.4, -0.2) is 12.1 Å². The average molecular weight is 124 g/mol. The van der Waals surface area contributed by atoms with Crippen LogP contribution in [0.4, 0.5) is 0 Å². The second-order valence-corrected chi connectivity index (χ2v) is 3.10. The Bertz CT molecular complexity index is 137. The molecular formula is C7H12N2. The van der Waals surface area contributed by atoms with Gasteiger partial charge in [-0.15, -0.1) is 0 Å². The molecule has 0 heterocycles. The third-order valence-corrected chi connectivity index (χ3v) is 2.58. The average Bonchev–Trinajstić information content (AvgIpc) is 2.37. The van der Waals surface area contributed by atoms with Crippen molar-refractivity contribution in [2.45, 2.75) is 18.5 Å². The van der Waals surface area contributed by atoms with E-state index in [1.165, 1.54) is 6.42 Å². The zero-order chi connectivity index (χ0) is 6.43. The van der Waals surface area contributed by atoms with Gasteiger partial charge >= 0.3 is 0 Å². The van der Waals surface area contributed by atoms with Crippen LogP contribution < -0.4 is 11.5 Å². The largest absolute Gasteiger partial charge is 0.326 e. The summed E-state index contributed by atoms with van der Waals surface area (Å²) >= 11 is 0. The summed E-state index contributed by atoms with van der Waals surface area (Å²) < 4.78 is 0. The molecule has 4 atom stereocenters. The molecule has 0 aromatic rings. The normalized spacial score (nSPS) is 54.9. The molecule has 2 heteroatoms. The summed E-state index contributed by atoms with van der Waals surface area (Å²) in [7, 11) is 0. The Morgan fingerprint density at radius 1 is 1.00 bits per heavy atom. The van der Waals surface area contributed by atoms with Crippen LogP contribution in [0.25, 0.3) is 0 Å². The Kier molecular flexibility index (Phi) is 0.957. The minimum absolute atomic E-state index is 0.236. The van der Waals surface area contributed by atoms with Crippen LogP contribution in [0.2, 0.25) is 0 Å². The molecule has 0 radical (unpaired) electrons. The van der Waals surface area contributed by atoms with Gasteiger partial charge in [0.2, 0.25) is 0 Å². The van der Waals surface area contributed by atoms with Gasteiger partial charge in [0.25, 0.3) is 0 Å². The van der Waals surface area contributed by atoms with E-state index in [1.54, 1.807) is 0 Å². The van der Waals surface area contributed by atoms with Gasteiger partial charge in [0.15, 0.2) is 0 Å². The first-order valence-corrected chi connectivity index (χ1v) is 3.48. The Morgan fingerprint density at radius 2 is 1.44 bits per heavy atom. The molecular weight excluding hydrogens is 112 g/mol. The molecule has 0 amide bonds. The molecule has 0 unspecified atom stereocenters. The number of rotatable bonds is 0. The van der Waals surface area contributed by atoms with Gasteiger partial charge in [0.05, 0.1) is 0 Å². The van der Waals surface area contributed by atoms with Crippen molar-refractivity contribution in [1.82, 2.24) is 0 Å². The van der Waals surface area contributed by atoms with Crippen molar-refractivity contribution < 1.29 is 0 Å². The fourth-order valence-corrected chi connectivity index (χ4v) is 1.90. The third kappa shape index (κ3) is 0.575. The highest BCUT2D eigenvalue weighted by molar-refractivity contribution is 5.17. The lowest BCUT2D eigenvalue weighted by Gasteiger charge is -2.19. The molecule has 2 bridgehead atoms. The van der Waals surface area contributed by atoms with E-state index in [4.69, 9.17) is 11.5 Å². The minimum Gasteiger partial charge on any atom is -0.326 e. The molecule has 1 saturated carbocycles. The van der Waals surface area contributed by atoms with Gasteiger partial charge in [0.1, 0.15) is 0 Å². The maximum Gasteiger partial charge on any atom is 0.0262 e. The first-order valence-electron chi connectivity index (χ1n) is 3.48. The summed E-state index contributed by atoms with van der Waals surface area (Å²) in [6, 6.07) is 0.472. The van der Waals surface area contributed by atoms with Gasteiger partial charge in [-0.05, 0) is 18.3 Å². The molecule has 50 valence electrons. The predicted molar refractivity (Wildman–Crippen MR) is 36.7 cm³/mol.